The SMILES string of the molecule is CC(C)CO[Si](OCC(C)C)(C(C)C)C(C)C. The molecule has 0 heterocycles. The van der Waals surface area contributed by atoms with Gasteiger partial charge in [0.15, 0.2) is 0 Å². The van der Waals surface area contributed by atoms with Gasteiger partial charge in [0.25, 0.3) is 0 Å². The molecule has 0 spiro atoms. The van der Waals surface area contributed by atoms with E-state index in [2.05, 4.69) is 55.4 Å². The van der Waals surface area contributed by atoms with E-state index in [1.54, 1.807) is 0 Å². The Morgan fingerprint density at radius 2 is 0.941 bits per heavy atom. The van der Waals surface area contributed by atoms with Gasteiger partial charge in [-0.05, 0) is 22.9 Å². The minimum atomic E-state index is -2.08. The monoisotopic (exact) mass is 260 g/mol. The van der Waals surface area contributed by atoms with Gasteiger partial charge in [0.05, 0.1) is 0 Å². The summed E-state index contributed by atoms with van der Waals surface area (Å²) >= 11 is 0. The van der Waals surface area contributed by atoms with Crippen LogP contribution in [0.15, 0.2) is 0 Å². The molecule has 0 amide bonds. The normalized spacial score (nSPS) is 13.4. The molecule has 0 N–H and O–H groups in total. The highest BCUT2D eigenvalue weighted by Crippen LogP contribution is 2.35. The number of hydrogen-bond acceptors (Lipinski definition) is 2. The van der Waals surface area contributed by atoms with Crippen LogP contribution in [-0.4, -0.2) is 21.8 Å². The lowest BCUT2D eigenvalue weighted by Crippen LogP contribution is -2.49. The van der Waals surface area contributed by atoms with Crippen LogP contribution in [0, 0.1) is 11.8 Å². The molecule has 0 aliphatic heterocycles. The summed E-state index contributed by atoms with van der Waals surface area (Å²) < 4.78 is 12.6. The van der Waals surface area contributed by atoms with Crippen molar-refractivity contribution < 1.29 is 8.85 Å². The van der Waals surface area contributed by atoms with Gasteiger partial charge in [-0.25, -0.2) is 0 Å². The molecule has 0 aliphatic rings. The number of hydrogen-bond donors (Lipinski definition) is 0. The third kappa shape index (κ3) is 5.54. The summed E-state index contributed by atoms with van der Waals surface area (Å²) in [4.78, 5) is 0. The van der Waals surface area contributed by atoms with E-state index in [9.17, 15) is 0 Å². The van der Waals surface area contributed by atoms with E-state index in [1.165, 1.54) is 0 Å². The molecule has 3 heteroatoms. The molecule has 2 nitrogen and oxygen atoms in total. The molecule has 17 heavy (non-hydrogen) atoms. The zero-order valence-electron chi connectivity index (χ0n) is 13.0. The smallest absolute Gasteiger partial charge is 0.343 e. The molecule has 0 radical (unpaired) electrons. The first-order chi connectivity index (χ1) is 7.72. The molecular weight excluding hydrogens is 228 g/mol. The third-order valence-electron chi connectivity index (χ3n) is 2.89. The van der Waals surface area contributed by atoms with E-state index < -0.39 is 8.56 Å². The lowest BCUT2D eigenvalue weighted by molar-refractivity contribution is 0.125. The van der Waals surface area contributed by atoms with Crippen molar-refractivity contribution in [3.05, 3.63) is 0 Å². The van der Waals surface area contributed by atoms with Crippen LogP contribution < -0.4 is 0 Å². The predicted molar refractivity (Wildman–Crippen MR) is 77.5 cm³/mol. The Morgan fingerprint density at radius 1 is 0.647 bits per heavy atom. The summed E-state index contributed by atoms with van der Waals surface area (Å²) in [5, 5.41) is 0. The van der Waals surface area contributed by atoms with Crippen molar-refractivity contribution in [2.75, 3.05) is 13.2 Å². The van der Waals surface area contributed by atoms with E-state index in [0.717, 1.165) is 13.2 Å². The van der Waals surface area contributed by atoms with Gasteiger partial charge in [-0.15, -0.1) is 0 Å². The molecule has 0 fully saturated rings. The van der Waals surface area contributed by atoms with Crippen LogP contribution in [0.1, 0.15) is 55.4 Å². The van der Waals surface area contributed by atoms with Crippen molar-refractivity contribution in [3.8, 4) is 0 Å². The quantitative estimate of drug-likeness (QED) is 0.594. The van der Waals surface area contributed by atoms with Gasteiger partial charge in [-0.2, -0.15) is 0 Å². The molecule has 0 unspecified atom stereocenters. The summed E-state index contributed by atoms with van der Waals surface area (Å²) in [6.07, 6.45) is 0. The van der Waals surface area contributed by atoms with Gasteiger partial charge < -0.3 is 8.85 Å². The molecule has 0 saturated carbocycles. The van der Waals surface area contributed by atoms with E-state index in [-0.39, 0.29) is 0 Å². The maximum absolute atomic E-state index is 6.28. The summed E-state index contributed by atoms with van der Waals surface area (Å²) in [5.74, 6) is 1.14. The first kappa shape index (κ1) is 17.1. The summed E-state index contributed by atoms with van der Waals surface area (Å²) in [5.41, 5.74) is 1.000. The van der Waals surface area contributed by atoms with Crippen LogP contribution in [0.3, 0.4) is 0 Å². The lowest BCUT2D eigenvalue weighted by Gasteiger charge is -2.38. The highest BCUT2D eigenvalue weighted by atomic mass is 28.4. The van der Waals surface area contributed by atoms with E-state index >= 15 is 0 Å². The van der Waals surface area contributed by atoms with Gasteiger partial charge in [0, 0.05) is 13.2 Å². The van der Waals surface area contributed by atoms with Gasteiger partial charge in [0.1, 0.15) is 0 Å². The molecule has 0 aromatic carbocycles. The summed E-state index contributed by atoms with van der Waals surface area (Å²) in [6, 6.07) is 0. The van der Waals surface area contributed by atoms with Crippen LogP contribution >= 0.6 is 0 Å². The van der Waals surface area contributed by atoms with Crippen molar-refractivity contribution in [2.45, 2.75) is 66.5 Å². The van der Waals surface area contributed by atoms with Gasteiger partial charge in [-0.3, -0.25) is 0 Å². The second-order valence-corrected chi connectivity index (χ2v) is 10.8. The van der Waals surface area contributed by atoms with Crippen molar-refractivity contribution in [2.24, 2.45) is 11.8 Å². The van der Waals surface area contributed by atoms with Crippen LogP contribution in [0.4, 0.5) is 0 Å². The third-order valence-corrected chi connectivity index (χ3v) is 7.35. The fraction of sp³-hybridized carbons (Fsp3) is 1.00. The predicted octanol–water partition coefficient (Wildman–Crippen LogP) is 4.59. The number of rotatable bonds is 8. The fourth-order valence-corrected chi connectivity index (χ4v) is 5.91. The maximum Gasteiger partial charge on any atom is 0.343 e. The first-order valence-corrected chi connectivity index (χ1v) is 8.97. The van der Waals surface area contributed by atoms with Crippen molar-refractivity contribution in [1.29, 1.82) is 0 Å². The van der Waals surface area contributed by atoms with Crippen LogP contribution in [0.5, 0.6) is 0 Å². The molecule has 0 aromatic heterocycles. The molecular formula is C14H32O2Si. The summed E-state index contributed by atoms with van der Waals surface area (Å²) in [7, 11) is -2.08. The van der Waals surface area contributed by atoms with Crippen LogP contribution in [0.2, 0.25) is 11.1 Å². The largest absolute Gasteiger partial charge is 0.394 e. The highest BCUT2D eigenvalue weighted by Gasteiger charge is 2.45. The lowest BCUT2D eigenvalue weighted by atomic mass is 10.2. The van der Waals surface area contributed by atoms with Crippen molar-refractivity contribution in [3.63, 3.8) is 0 Å². The Balaban J connectivity index is 4.74. The molecule has 0 rings (SSSR count). The molecule has 104 valence electrons. The Labute approximate surface area is 109 Å². The van der Waals surface area contributed by atoms with E-state index in [4.69, 9.17) is 8.85 Å². The standard InChI is InChI=1S/C14H32O2Si/c1-11(2)9-15-17(13(5)6,14(7)8)16-10-12(3)4/h11-14H,9-10H2,1-8H3. The Bertz CT molecular complexity index is 178. The van der Waals surface area contributed by atoms with Gasteiger partial charge >= 0.3 is 8.56 Å². The fourth-order valence-electron chi connectivity index (χ4n) is 1.97. The Hall–Kier alpha value is 0.137. The minimum Gasteiger partial charge on any atom is -0.394 e. The van der Waals surface area contributed by atoms with E-state index in [1.807, 2.05) is 0 Å². The van der Waals surface area contributed by atoms with Crippen molar-refractivity contribution in [1.82, 2.24) is 0 Å². The highest BCUT2D eigenvalue weighted by molar-refractivity contribution is 6.70. The summed E-state index contributed by atoms with van der Waals surface area (Å²) in [6.45, 7) is 19.4. The average molecular weight is 260 g/mol. The Morgan fingerprint density at radius 3 is 1.12 bits per heavy atom. The van der Waals surface area contributed by atoms with Gasteiger partial charge in [-0.1, -0.05) is 55.4 Å². The van der Waals surface area contributed by atoms with Gasteiger partial charge in [0.2, 0.25) is 0 Å². The molecule has 0 saturated heterocycles. The Kier molecular flexibility index (Phi) is 7.61. The molecule has 0 aromatic rings. The van der Waals surface area contributed by atoms with Crippen LogP contribution in [-0.2, 0) is 8.85 Å². The average Bonchev–Trinajstić information content (AvgIpc) is 2.16. The molecule has 0 bridgehead atoms. The first-order valence-electron chi connectivity index (χ1n) is 7.00. The maximum atomic E-state index is 6.28. The zero-order chi connectivity index (χ0) is 13.6. The second kappa shape index (κ2) is 7.55. The zero-order valence-corrected chi connectivity index (χ0v) is 14.0. The minimum absolute atomic E-state index is 0.500. The van der Waals surface area contributed by atoms with Crippen molar-refractivity contribution >= 4 is 8.56 Å². The van der Waals surface area contributed by atoms with Crippen LogP contribution in [0.25, 0.3) is 0 Å². The van der Waals surface area contributed by atoms with E-state index in [0.29, 0.717) is 22.9 Å². The second-order valence-electron chi connectivity index (χ2n) is 6.44. The topological polar surface area (TPSA) is 18.5 Å². The molecule has 0 atom stereocenters. The molecule has 0 aliphatic carbocycles.